The Morgan fingerprint density at radius 3 is 3.04 bits per heavy atom. The smallest absolute Gasteiger partial charge is 0.242 e. The van der Waals surface area contributed by atoms with Gasteiger partial charge in [0.2, 0.25) is 11.8 Å². The van der Waals surface area contributed by atoms with Crippen LogP contribution in [0.25, 0.3) is 0 Å². The van der Waals surface area contributed by atoms with Crippen LogP contribution >= 0.6 is 11.8 Å². The van der Waals surface area contributed by atoms with Crippen molar-refractivity contribution >= 4 is 29.3 Å². The highest BCUT2D eigenvalue weighted by atomic mass is 32.2. The molecule has 1 aromatic carbocycles. The van der Waals surface area contributed by atoms with Crippen LogP contribution in [0.4, 0.5) is 5.69 Å². The van der Waals surface area contributed by atoms with Gasteiger partial charge in [-0.3, -0.25) is 9.59 Å². The quantitative estimate of drug-likeness (QED) is 0.730. The van der Waals surface area contributed by atoms with Gasteiger partial charge in [0.05, 0.1) is 18.0 Å². The predicted molar refractivity (Wildman–Crippen MR) is 100 cm³/mol. The zero-order valence-corrected chi connectivity index (χ0v) is 15.8. The van der Waals surface area contributed by atoms with E-state index in [0.717, 1.165) is 49.7 Å². The second kappa shape index (κ2) is 8.23. The summed E-state index contributed by atoms with van der Waals surface area (Å²) in [5.41, 5.74) is 2.03. The van der Waals surface area contributed by atoms with Crippen LogP contribution in [-0.2, 0) is 14.3 Å². The second-order valence-corrected chi connectivity index (χ2v) is 7.83. The number of hydrogen-bond donors (Lipinski definition) is 0. The van der Waals surface area contributed by atoms with Gasteiger partial charge >= 0.3 is 0 Å². The fourth-order valence-electron chi connectivity index (χ4n) is 3.31. The van der Waals surface area contributed by atoms with Crippen LogP contribution in [0, 0.1) is 12.8 Å². The van der Waals surface area contributed by atoms with Crippen molar-refractivity contribution in [2.45, 2.75) is 31.6 Å². The Morgan fingerprint density at radius 2 is 2.24 bits per heavy atom. The summed E-state index contributed by atoms with van der Waals surface area (Å²) >= 11 is 1.55. The summed E-state index contributed by atoms with van der Waals surface area (Å²) in [7, 11) is 0. The summed E-state index contributed by atoms with van der Waals surface area (Å²) in [5.74, 6) is 0.858. The lowest BCUT2D eigenvalue weighted by Crippen LogP contribution is -2.44. The third kappa shape index (κ3) is 4.36. The molecule has 0 saturated carbocycles. The van der Waals surface area contributed by atoms with Crippen LogP contribution in [0.1, 0.15) is 25.3 Å². The van der Waals surface area contributed by atoms with Gasteiger partial charge in [0.1, 0.15) is 6.54 Å². The van der Waals surface area contributed by atoms with Gasteiger partial charge in [0.25, 0.3) is 0 Å². The monoisotopic (exact) mass is 362 g/mol. The van der Waals surface area contributed by atoms with E-state index in [2.05, 4.69) is 13.0 Å². The average molecular weight is 362 g/mol. The molecule has 0 spiro atoms. The van der Waals surface area contributed by atoms with Crippen molar-refractivity contribution < 1.29 is 14.3 Å². The van der Waals surface area contributed by atoms with Gasteiger partial charge in [0.15, 0.2) is 0 Å². The zero-order valence-electron chi connectivity index (χ0n) is 15.0. The highest BCUT2D eigenvalue weighted by Crippen LogP contribution is 2.36. The highest BCUT2D eigenvalue weighted by Gasteiger charge is 2.31. The third-order valence-electron chi connectivity index (χ3n) is 4.69. The molecule has 2 aliphatic rings. The first-order valence-electron chi connectivity index (χ1n) is 8.97. The summed E-state index contributed by atoms with van der Waals surface area (Å²) in [6.07, 6.45) is 2.00. The van der Waals surface area contributed by atoms with Crippen molar-refractivity contribution in [3.05, 3.63) is 23.8 Å². The summed E-state index contributed by atoms with van der Waals surface area (Å²) in [4.78, 5) is 29.6. The van der Waals surface area contributed by atoms with Gasteiger partial charge < -0.3 is 14.5 Å². The summed E-state index contributed by atoms with van der Waals surface area (Å²) in [6, 6.07) is 6.03. The molecule has 1 aromatic rings. The molecule has 136 valence electrons. The Bertz CT molecular complexity index is 650. The Hall–Kier alpha value is -1.53. The average Bonchev–Trinajstić information content (AvgIpc) is 3.06. The van der Waals surface area contributed by atoms with Crippen LogP contribution in [0.2, 0.25) is 0 Å². The predicted octanol–water partition coefficient (Wildman–Crippen LogP) is 2.71. The minimum absolute atomic E-state index is 0.0109. The summed E-state index contributed by atoms with van der Waals surface area (Å²) < 4.78 is 5.61. The van der Waals surface area contributed by atoms with Crippen LogP contribution < -0.4 is 4.90 Å². The Kier molecular flexibility index (Phi) is 6.02. The number of thioether (sulfide) groups is 1. The molecular formula is C19H26N2O3S. The van der Waals surface area contributed by atoms with Crippen LogP contribution in [-0.4, -0.2) is 55.3 Å². The van der Waals surface area contributed by atoms with E-state index < -0.39 is 0 Å². The van der Waals surface area contributed by atoms with Gasteiger partial charge in [0, 0.05) is 30.5 Å². The lowest BCUT2D eigenvalue weighted by Gasteiger charge is -2.30. The fourth-order valence-corrected chi connectivity index (χ4v) is 4.34. The van der Waals surface area contributed by atoms with E-state index in [1.54, 1.807) is 16.7 Å². The van der Waals surface area contributed by atoms with Crippen molar-refractivity contribution in [2.75, 3.05) is 43.5 Å². The van der Waals surface area contributed by atoms with Crippen molar-refractivity contribution in [3.63, 3.8) is 0 Å². The molecule has 1 atom stereocenters. The lowest BCUT2D eigenvalue weighted by atomic mass is 10.1. The number of benzene rings is 1. The standard InChI is InChI=1S/C19H26N2O3S/c1-3-8-24-12-15-6-7-20(10-15)18(22)11-21-16-5-4-14(2)9-17(16)25-13-19(21)23/h4-5,9,15H,3,6-8,10-13H2,1-2H3. The van der Waals surface area contributed by atoms with Crippen molar-refractivity contribution in [1.82, 2.24) is 4.90 Å². The minimum atomic E-state index is 0.0109. The largest absolute Gasteiger partial charge is 0.381 e. The number of aryl methyl sites for hydroxylation is 1. The van der Waals surface area contributed by atoms with Gasteiger partial charge in [-0.2, -0.15) is 0 Å². The van der Waals surface area contributed by atoms with E-state index in [4.69, 9.17) is 4.74 Å². The molecule has 0 N–H and O–H groups in total. The van der Waals surface area contributed by atoms with E-state index in [1.807, 2.05) is 24.0 Å². The number of amides is 2. The molecule has 1 fully saturated rings. The second-order valence-electron chi connectivity index (χ2n) is 6.81. The molecule has 5 nitrogen and oxygen atoms in total. The van der Waals surface area contributed by atoms with Crippen molar-refractivity contribution in [2.24, 2.45) is 5.92 Å². The molecule has 0 aliphatic carbocycles. The molecule has 25 heavy (non-hydrogen) atoms. The topological polar surface area (TPSA) is 49.9 Å². The molecule has 2 heterocycles. The van der Waals surface area contributed by atoms with E-state index in [1.165, 1.54) is 5.56 Å². The zero-order chi connectivity index (χ0) is 17.8. The van der Waals surface area contributed by atoms with E-state index >= 15 is 0 Å². The first kappa shape index (κ1) is 18.3. The summed E-state index contributed by atoms with van der Waals surface area (Å²) in [5, 5.41) is 0. The van der Waals surface area contributed by atoms with E-state index in [-0.39, 0.29) is 18.4 Å². The molecule has 0 radical (unpaired) electrons. The van der Waals surface area contributed by atoms with E-state index in [0.29, 0.717) is 11.7 Å². The number of anilines is 1. The van der Waals surface area contributed by atoms with Gasteiger partial charge in [-0.05, 0) is 37.5 Å². The molecular weight excluding hydrogens is 336 g/mol. The van der Waals surface area contributed by atoms with Gasteiger partial charge in [-0.25, -0.2) is 0 Å². The molecule has 2 amide bonds. The lowest BCUT2D eigenvalue weighted by molar-refractivity contribution is -0.130. The summed E-state index contributed by atoms with van der Waals surface area (Å²) in [6.45, 7) is 7.27. The molecule has 2 aliphatic heterocycles. The van der Waals surface area contributed by atoms with Gasteiger partial charge in [-0.15, -0.1) is 11.8 Å². The Morgan fingerprint density at radius 1 is 1.40 bits per heavy atom. The molecule has 6 heteroatoms. The third-order valence-corrected chi connectivity index (χ3v) is 5.72. The number of nitrogens with zero attached hydrogens (tertiary/aromatic N) is 2. The maximum Gasteiger partial charge on any atom is 0.242 e. The highest BCUT2D eigenvalue weighted by molar-refractivity contribution is 8.00. The molecule has 3 rings (SSSR count). The molecule has 0 bridgehead atoms. The minimum Gasteiger partial charge on any atom is -0.381 e. The van der Waals surface area contributed by atoms with Crippen molar-refractivity contribution in [1.29, 1.82) is 0 Å². The SMILES string of the molecule is CCCOCC1CCN(C(=O)CN2C(=O)CSc3cc(C)ccc32)C1. The van der Waals surface area contributed by atoms with Crippen LogP contribution in [0.3, 0.4) is 0 Å². The number of fused-ring (bicyclic) bond motifs is 1. The van der Waals surface area contributed by atoms with Crippen LogP contribution in [0.5, 0.6) is 0 Å². The first-order valence-corrected chi connectivity index (χ1v) is 9.96. The van der Waals surface area contributed by atoms with Gasteiger partial charge in [-0.1, -0.05) is 13.0 Å². The Balaban J connectivity index is 1.61. The van der Waals surface area contributed by atoms with Crippen molar-refractivity contribution in [3.8, 4) is 0 Å². The Labute approximate surface area is 153 Å². The number of carbonyl (C=O) groups is 2. The molecule has 1 saturated heterocycles. The normalized spacial score (nSPS) is 20.1. The maximum absolute atomic E-state index is 12.7. The van der Waals surface area contributed by atoms with E-state index in [9.17, 15) is 9.59 Å². The fraction of sp³-hybridized carbons (Fsp3) is 0.579. The number of ether oxygens (including phenoxy) is 1. The number of rotatable bonds is 6. The number of carbonyl (C=O) groups excluding carboxylic acids is 2. The first-order chi connectivity index (χ1) is 12.1. The molecule has 1 unspecified atom stereocenters. The maximum atomic E-state index is 12.7. The number of hydrogen-bond acceptors (Lipinski definition) is 4. The molecule has 0 aromatic heterocycles. The number of likely N-dealkylation sites (tertiary alicyclic amines) is 1. The van der Waals surface area contributed by atoms with Crippen LogP contribution in [0.15, 0.2) is 23.1 Å².